The number of nitrogens with zero attached hydrogens (tertiary/aromatic N) is 1. The molecule has 0 spiro atoms. The summed E-state index contributed by atoms with van der Waals surface area (Å²) in [6.45, 7) is 0.996. The van der Waals surface area contributed by atoms with Crippen molar-refractivity contribution in [2.75, 3.05) is 35.4 Å². The molecule has 190 valence electrons. The Kier molecular flexibility index (Phi) is 8.15. The molecule has 0 aromatic heterocycles. The molecule has 0 saturated carbocycles. The summed E-state index contributed by atoms with van der Waals surface area (Å²) in [6.07, 6.45) is 0.961. The van der Waals surface area contributed by atoms with Crippen LogP contribution >= 0.6 is 0 Å². The summed E-state index contributed by atoms with van der Waals surface area (Å²) in [7, 11) is -1.23. The number of hydrogen-bond acceptors (Lipinski definition) is 6. The number of hydrogen-bond donors (Lipinski definition) is 2. The Balaban J connectivity index is 2.11. The van der Waals surface area contributed by atoms with Crippen LogP contribution in [0.3, 0.4) is 0 Å². The molecule has 0 fully saturated rings. The van der Waals surface area contributed by atoms with Gasteiger partial charge in [-0.1, -0.05) is 24.3 Å². The van der Waals surface area contributed by atoms with E-state index in [0.717, 1.165) is 10.6 Å². The van der Waals surface area contributed by atoms with Crippen LogP contribution in [0.15, 0.2) is 60.7 Å². The predicted molar refractivity (Wildman–Crippen MR) is 136 cm³/mol. The van der Waals surface area contributed by atoms with Crippen molar-refractivity contribution in [3.8, 4) is 11.5 Å². The molecular formula is C25H26FN3O6S. The molecule has 0 aliphatic rings. The van der Waals surface area contributed by atoms with Crippen LogP contribution < -0.4 is 24.4 Å². The summed E-state index contributed by atoms with van der Waals surface area (Å²) >= 11 is 0. The molecule has 0 radical (unpaired) electrons. The molecule has 0 heterocycles. The number of halogens is 1. The summed E-state index contributed by atoms with van der Waals surface area (Å²) in [5.41, 5.74) is 0.845. The van der Waals surface area contributed by atoms with E-state index in [1.54, 1.807) is 30.3 Å². The molecule has 0 atom stereocenters. The monoisotopic (exact) mass is 515 g/mol. The molecule has 0 bridgehead atoms. The van der Waals surface area contributed by atoms with Gasteiger partial charge in [-0.05, 0) is 30.3 Å². The molecule has 36 heavy (non-hydrogen) atoms. The van der Waals surface area contributed by atoms with Gasteiger partial charge in [-0.25, -0.2) is 12.8 Å². The Morgan fingerprint density at radius 3 is 2.11 bits per heavy atom. The minimum Gasteiger partial charge on any atom is -0.493 e. The molecule has 3 rings (SSSR count). The Hall–Kier alpha value is -4.12. The summed E-state index contributed by atoms with van der Waals surface area (Å²) in [5, 5.41) is 5.32. The van der Waals surface area contributed by atoms with Crippen molar-refractivity contribution in [3.05, 3.63) is 77.6 Å². The number of rotatable bonds is 9. The van der Waals surface area contributed by atoms with E-state index in [2.05, 4.69) is 10.6 Å². The zero-order chi connectivity index (χ0) is 26.5. The fourth-order valence-corrected chi connectivity index (χ4v) is 4.38. The third-order valence-corrected chi connectivity index (χ3v) is 6.25. The smallest absolute Gasteiger partial charge is 0.257 e. The molecule has 0 aliphatic heterocycles. The van der Waals surface area contributed by atoms with Crippen LogP contribution in [0.4, 0.5) is 21.5 Å². The maximum Gasteiger partial charge on any atom is 0.257 e. The zero-order valence-electron chi connectivity index (χ0n) is 20.2. The highest BCUT2D eigenvalue weighted by molar-refractivity contribution is 7.92. The Labute approximate surface area is 208 Å². The van der Waals surface area contributed by atoms with Crippen LogP contribution in [-0.4, -0.2) is 40.7 Å². The van der Waals surface area contributed by atoms with E-state index in [4.69, 9.17) is 9.47 Å². The topological polar surface area (TPSA) is 114 Å². The lowest BCUT2D eigenvalue weighted by molar-refractivity contribution is -0.114. The van der Waals surface area contributed by atoms with E-state index >= 15 is 0 Å². The summed E-state index contributed by atoms with van der Waals surface area (Å²) < 4.78 is 51.7. The number of carbonyl (C=O) groups is 2. The zero-order valence-corrected chi connectivity index (χ0v) is 21.0. The lowest BCUT2D eigenvalue weighted by Gasteiger charge is -2.26. The SMILES string of the molecule is COc1cc(C(=O)Nc2cccc(NC(C)=O)c2)c(N(Cc2ccccc2F)S(C)(=O)=O)cc1OC. The molecule has 3 aromatic rings. The molecule has 2 amide bonds. The second-order valence-corrected chi connectivity index (χ2v) is 9.71. The number of ether oxygens (including phenoxy) is 2. The quantitative estimate of drug-likeness (QED) is 0.445. The van der Waals surface area contributed by atoms with Gasteiger partial charge in [-0.15, -0.1) is 0 Å². The van der Waals surface area contributed by atoms with Gasteiger partial charge in [0.25, 0.3) is 5.91 Å². The van der Waals surface area contributed by atoms with Crippen LogP contribution in [0.1, 0.15) is 22.8 Å². The first-order chi connectivity index (χ1) is 17.0. The van der Waals surface area contributed by atoms with Crippen molar-refractivity contribution in [2.45, 2.75) is 13.5 Å². The van der Waals surface area contributed by atoms with Crippen molar-refractivity contribution in [1.29, 1.82) is 0 Å². The van der Waals surface area contributed by atoms with Gasteiger partial charge in [-0.2, -0.15) is 0 Å². The van der Waals surface area contributed by atoms with Gasteiger partial charge >= 0.3 is 0 Å². The van der Waals surface area contributed by atoms with E-state index < -0.39 is 21.7 Å². The van der Waals surface area contributed by atoms with Crippen molar-refractivity contribution >= 4 is 38.9 Å². The molecule has 0 aliphatic carbocycles. The van der Waals surface area contributed by atoms with Crippen LogP contribution in [0.5, 0.6) is 11.5 Å². The van der Waals surface area contributed by atoms with Crippen LogP contribution in [0.2, 0.25) is 0 Å². The third-order valence-electron chi connectivity index (χ3n) is 5.13. The number of benzene rings is 3. The lowest BCUT2D eigenvalue weighted by Crippen LogP contribution is -2.32. The number of amides is 2. The number of methoxy groups -OCH3 is 2. The molecule has 9 nitrogen and oxygen atoms in total. The molecular weight excluding hydrogens is 489 g/mol. The summed E-state index contributed by atoms with van der Waals surface area (Å²) in [4.78, 5) is 24.8. The highest BCUT2D eigenvalue weighted by Crippen LogP contribution is 2.37. The van der Waals surface area contributed by atoms with Gasteiger partial charge < -0.3 is 20.1 Å². The highest BCUT2D eigenvalue weighted by atomic mass is 32.2. The van der Waals surface area contributed by atoms with E-state index in [-0.39, 0.29) is 40.8 Å². The number of carbonyl (C=O) groups excluding carboxylic acids is 2. The predicted octanol–water partition coefficient (Wildman–Crippen LogP) is 4.02. The van der Waals surface area contributed by atoms with E-state index in [0.29, 0.717) is 11.4 Å². The molecule has 3 aromatic carbocycles. The maximum absolute atomic E-state index is 14.4. The first-order valence-corrected chi connectivity index (χ1v) is 12.5. The second-order valence-electron chi connectivity index (χ2n) is 7.80. The fraction of sp³-hybridized carbons (Fsp3) is 0.200. The van der Waals surface area contributed by atoms with E-state index in [9.17, 15) is 22.4 Å². The number of nitrogens with one attached hydrogen (secondary N) is 2. The van der Waals surface area contributed by atoms with Gasteiger partial charge in [0.15, 0.2) is 11.5 Å². The van der Waals surface area contributed by atoms with Gasteiger partial charge in [0.1, 0.15) is 5.82 Å². The van der Waals surface area contributed by atoms with Crippen molar-refractivity contribution in [1.82, 2.24) is 0 Å². The minimum absolute atomic E-state index is 0.0334. The largest absolute Gasteiger partial charge is 0.493 e. The number of anilines is 3. The minimum atomic E-state index is -3.98. The third kappa shape index (κ3) is 6.30. The van der Waals surface area contributed by atoms with Crippen LogP contribution in [-0.2, 0) is 21.4 Å². The molecule has 2 N–H and O–H groups in total. The van der Waals surface area contributed by atoms with Gasteiger partial charge in [0.2, 0.25) is 15.9 Å². The highest BCUT2D eigenvalue weighted by Gasteiger charge is 2.27. The first-order valence-electron chi connectivity index (χ1n) is 10.7. The van der Waals surface area contributed by atoms with Crippen LogP contribution in [0, 0.1) is 5.82 Å². The molecule has 0 saturated heterocycles. The van der Waals surface area contributed by atoms with Crippen LogP contribution in [0.25, 0.3) is 0 Å². The Bertz CT molecular complexity index is 1390. The van der Waals surface area contributed by atoms with E-state index in [1.165, 1.54) is 51.5 Å². The van der Waals surface area contributed by atoms with E-state index in [1.807, 2.05) is 0 Å². The van der Waals surface area contributed by atoms with Gasteiger partial charge in [0, 0.05) is 29.9 Å². The Morgan fingerprint density at radius 2 is 1.53 bits per heavy atom. The average molecular weight is 516 g/mol. The van der Waals surface area contributed by atoms with Gasteiger partial charge in [0.05, 0.1) is 38.3 Å². The normalized spacial score (nSPS) is 10.9. The lowest BCUT2D eigenvalue weighted by atomic mass is 10.1. The standard InChI is InChI=1S/C25H26FN3O6S/c1-16(30)27-18-9-7-10-19(12-18)28-25(31)20-13-23(34-2)24(35-3)14-22(20)29(36(4,32)33)15-17-8-5-6-11-21(17)26/h5-14H,15H2,1-4H3,(H,27,30)(H,28,31). The Morgan fingerprint density at radius 1 is 0.917 bits per heavy atom. The van der Waals surface area contributed by atoms with Crippen molar-refractivity contribution < 1.29 is 31.9 Å². The first kappa shape index (κ1) is 26.5. The second kappa shape index (κ2) is 11.1. The van der Waals surface area contributed by atoms with Crippen molar-refractivity contribution in [2.24, 2.45) is 0 Å². The van der Waals surface area contributed by atoms with Gasteiger partial charge in [-0.3, -0.25) is 13.9 Å². The average Bonchev–Trinajstić information content (AvgIpc) is 2.81. The summed E-state index contributed by atoms with van der Waals surface area (Å²) in [6, 6.07) is 14.9. The molecule has 11 heteroatoms. The number of sulfonamides is 1. The fourth-order valence-electron chi connectivity index (χ4n) is 3.50. The maximum atomic E-state index is 14.4. The summed E-state index contributed by atoms with van der Waals surface area (Å²) in [5.74, 6) is -1.16. The van der Waals surface area contributed by atoms with Crippen molar-refractivity contribution in [3.63, 3.8) is 0 Å². The molecule has 0 unspecified atom stereocenters.